The van der Waals surface area contributed by atoms with Crippen LogP contribution in [0.25, 0.3) is 0 Å². The van der Waals surface area contributed by atoms with E-state index in [2.05, 4.69) is 78.3 Å². The van der Waals surface area contributed by atoms with Gasteiger partial charge in [0, 0.05) is 19.6 Å². The van der Waals surface area contributed by atoms with E-state index in [1.165, 1.54) is 0 Å². The normalized spacial score (nSPS) is 23.7. The van der Waals surface area contributed by atoms with Crippen LogP contribution in [0.2, 0.25) is 0 Å². The lowest BCUT2D eigenvalue weighted by molar-refractivity contribution is -0.0797. The summed E-state index contributed by atoms with van der Waals surface area (Å²) < 4.78 is 17.2. The number of piperidine rings is 1. The smallest absolute Gasteiger partial charge is 0.0830 e. The summed E-state index contributed by atoms with van der Waals surface area (Å²) in [6.45, 7) is 25.3. The third kappa shape index (κ3) is 15.5. The largest absolute Gasteiger partial charge is 0.373 e. The number of hydrogen-bond acceptors (Lipinski definition) is 6. The molecule has 3 aliphatic rings. The number of ether oxygens (including phenoxy) is 3. The Bertz CT molecular complexity index is 436. The summed E-state index contributed by atoms with van der Waals surface area (Å²) in [6, 6.07) is 0. The molecular formula is C24H51N3O3. The van der Waals surface area contributed by atoms with Crippen LogP contribution in [-0.2, 0) is 14.2 Å². The third-order valence-corrected chi connectivity index (χ3v) is 4.61. The minimum Gasteiger partial charge on any atom is -0.373 e. The molecule has 6 heteroatoms. The van der Waals surface area contributed by atoms with E-state index in [1.54, 1.807) is 0 Å². The second-order valence-electron chi connectivity index (χ2n) is 11.5. The van der Waals surface area contributed by atoms with Crippen molar-refractivity contribution >= 4 is 0 Å². The molecule has 1 unspecified atom stereocenters. The Hall–Kier alpha value is -0.240. The molecule has 3 heterocycles. The molecule has 0 aromatic heterocycles. The molecule has 3 rings (SSSR count). The fourth-order valence-corrected chi connectivity index (χ4v) is 3.49. The first-order valence-corrected chi connectivity index (χ1v) is 11.9. The van der Waals surface area contributed by atoms with E-state index in [9.17, 15) is 0 Å². The van der Waals surface area contributed by atoms with Gasteiger partial charge in [-0.25, -0.2) is 0 Å². The molecule has 0 aliphatic carbocycles. The maximum absolute atomic E-state index is 5.84. The van der Waals surface area contributed by atoms with Crippen molar-refractivity contribution in [3.8, 4) is 0 Å². The average Bonchev–Trinajstić information content (AvgIpc) is 3.02. The van der Waals surface area contributed by atoms with Crippen molar-refractivity contribution in [3.05, 3.63) is 0 Å². The lowest BCUT2D eigenvalue weighted by atomic mass is 10.1. The van der Waals surface area contributed by atoms with Crippen LogP contribution in [0.15, 0.2) is 0 Å². The molecule has 3 saturated heterocycles. The van der Waals surface area contributed by atoms with E-state index in [0.717, 1.165) is 58.5 Å². The highest BCUT2D eigenvalue weighted by Crippen LogP contribution is 2.17. The standard InChI is InChI=1S/C9H19NO.C8H17NO.C7H15NO/c1-9(2,3)11-8-4-6-10-7-5-8;1-8(2,3)10-7-4-5-9-6-7;1-7(2,3)9-6-4-8-5-6/h8,10H,4-7H2,1-3H3;7,9H,4-6H2,1-3H3;6,8H,4-5H2,1-3H3. The zero-order chi connectivity index (χ0) is 22.8. The fraction of sp³-hybridized carbons (Fsp3) is 1.00. The van der Waals surface area contributed by atoms with Gasteiger partial charge in [0.05, 0.1) is 35.1 Å². The van der Waals surface area contributed by atoms with Crippen molar-refractivity contribution in [3.63, 3.8) is 0 Å². The minimum absolute atomic E-state index is 0.0245. The third-order valence-electron chi connectivity index (χ3n) is 4.61. The van der Waals surface area contributed by atoms with Crippen molar-refractivity contribution in [1.82, 2.24) is 16.0 Å². The van der Waals surface area contributed by atoms with E-state index in [-0.39, 0.29) is 16.8 Å². The van der Waals surface area contributed by atoms with Gasteiger partial charge in [-0.3, -0.25) is 0 Å². The summed E-state index contributed by atoms with van der Waals surface area (Å²) in [5.41, 5.74) is 0.0887. The summed E-state index contributed by atoms with van der Waals surface area (Å²) in [4.78, 5) is 0. The molecule has 3 aliphatic heterocycles. The lowest BCUT2D eigenvalue weighted by Crippen LogP contribution is -2.51. The van der Waals surface area contributed by atoms with Crippen LogP contribution in [0.5, 0.6) is 0 Å². The first-order valence-electron chi connectivity index (χ1n) is 11.9. The van der Waals surface area contributed by atoms with Crippen LogP contribution in [0, 0.1) is 0 Å². The van der Waals surface area contributed by atoms with Gasteiger partial charge in [0.2, 0.25) is 0 Å². The van der Waals surface area contributed by atoms with Crippen molar-refractivity contribution in [1.29, 1.82) is 0 Å². The average molecular weight is 430 g/mol. The molecule has 0 aromatic rings. The molecule has 3 fully saturated rings. The SMILES string of the molecule is CC(C)(C)OC1CCNC1.CC(C)(C)OC1CCNCC1.CC(C)(C)OC1CNC1. The Balaban J connectivity index is 0.000000226. The Morgan fingerprint density at radius 3 is 1.17 bits per heavy atom. The van der Waals surface area contributed by atoms with Gasteiger partial charge in [-0.2, -0.15) is 0 Å². The van der Waals surface area contributed by atoms with Crippen molar-refractivity contribution < 1.29 is 14.2 Å². The van der Waals surface area contributed by atoms with Gasteiger partial charge in [-0.05, 0) is 101 Å². The minimum atomic E-state index is 0.0245. The van der Waals surface area contributed by atoms with Crippen LogP contribution in [0.3, 0.4) is 0 Å². The monoisotopic (exact) mass is 429 g/mol. The van der Waals surface area contributed by atoms with Crippen LogP contribution in [0.4, 0.5) is 0 Å². The Kier molecular flexibility index (Phi) is 11.8. The van der Waals surface area contributed by atoms with E-state index in [0.29, 0.717) is 18.3 Å². The van der Waals surface area contributed by atoms with Crippen LogP contribution >= 0.6 is 0 Å². The molecule has 0 saturated carbocycles. The van der Waals surface area contributed by atoms with Gasteiger partial charge < -0.3 is 30.2 Å². The number of hydrogen-bond donors (Lipinski definition) is 3. The Morgan fingerprint density at radius 1 is 0.467 bits per heavy atom. The molecule has 1 atom stereocenters. The summed E-state index contributed by atoms with van der Waals surface area (Å²) in [6.07, 6.45) is 4.88. The zero-order valence-corrected chi connectivity index (χ0v) is 21.3. The van der Waals surface area contributed by atoms with E-state index >= 15 is 0 Å². The number of rotatable bonds is 3. The van der Waals surface area contributed by atoms with Gasteiger partial charge >= 0.3 is 0 Å². The van der Waals surface area contributed by atoms with Crippen LogP contribution < -0.4 is 16.0 Å². The fourth-order valence-electron chi connectivity index (χ4n) is 3.49. The second kappa shape index (κ2) is 12.7. The van der Waals surface area contributed by atoms with Crippen molar-refractivity contribution in [2.45, 2.75) is 117 Å². The highest BCUT2D eigenvalue weighted by molar-refractivity contribution is 4.78. The second-order valence-corrected chi connectivity index (χ2v) is 11.5. The van der Waals surface area contributed by atoms with Gasteiger partial charge in [-0.1, -0.05) is 0 Å². The number of nitrogens with one attached hydrogen (secondary N) is 3. The van der Waals surface area contributed by atoms with E-state index in [1.807, 2.05) is 0 Å². The Labute approximate surface area is 186 Å². The molecule has 0 radical (unpaired) electrons. The molecule has 30 heavy (non-hydrogen) atoms. The topological polar surface area (TPSA) is 63.8 Å². The summed E-state index contributed by atoms with van der Waals surface area (Å²) in [5, 5.41) is 9.75. The van der Waals surface area contributed by atoms with Crippen LogP contribution in [-0.4, -0.2) is 74.4 Å². The van der Waals surface area contributed by atoms with E-state index in [4.69, 9.17) is 14.2 Å². The maximum Gasteiger partial charge on any atom is 0.0830 e. The molecule has 0 aromatic carbocycles. The molecule has 0 spiro atoms. The first-order chi connectivity index (χ1) is 13.7. The molecule has 3 N–H and O–H groups in total. The highest BCUT2D eigenvalue weighted by atomic mass is 16.5. The summed E-state index contributed by atoms with van der Waals surface area (Å²) in [5.74, 6) is 0. The molecule has 0 amide bonds. The highest BCUT2D eigenvalue weighted by Gasteiger charge is 2.23. The maximum atomic E-state index is 5.84. The van der Waals surface area contributed by atoms with Gasteiger partial charge in [0.25, 0.3) is 0 Å². The van der Waals surface area contributed by atoms with Crippen molar-refractivity contribution in [2.24, 2.45) is 0 Å². The first kappa shape index (κ1) is 27.8. The van der Waals surface area contributed by atoms with Gasteiger partial charge in [-0.15, -0.1) is 0 Å². The predicted octanol–water partition coefficient (Wildman–Crippen LogP) is 3.49. The molecule has 6 nitrogen and oxygen atoms in total. The zero-order valence-electron chi connectivity index (χ0n) is 21.3. The Morgan fingerprint density at radius 2 is 0.833 bits per heavy atom. The summed E-state index contributed by atoms with van der Waals surface area (Å²) >= 11 is 0. The van der Waals surface area contributed by atoms with Gasteiger partial charge in [0.1, 0.15) is 0 Å². The molecular weight excluding hydrogens is 378 g/mol. The van der Waals surface area contributed by atoms with E-state index < -0.39 is 0 Å². The van der Waals surface area contributed by atoms with Crippen molar-refractivity contribution in [2.75, 3.05) is 39.3 Å². The van der Waals surface area contributed by atoms with Crippen LogP contribution in [0.1, 0.15) is 81.6 Å². The van der Waals surface area contributed by atoms with Gasteiger partial charge in [0.15, 0.2) is 0 Å². The lowest BCUT2D eigenvalue weighted by Gasteiger charge is -2.33. The molecule has 180 valence electrons. The summed E-state index contributed by atoms with van der Waals surface area (Å²) in [7, 11) is 0. The quantitative estimate of drug-likeness (QED) is 0.638. The molecule has 0 bridgehead atoms. The predicted molar refractivity (Wildman–Crippen MR) is 126 cm³/mol.